The van der Waals surface area contributed by atoms with Crippen LogP contribution in [-0.4, -0.2) is 12.4 Å². The van der Waals surface area contributed by atoms with Crippen LogP contribution in [0.5, 0.6) is 11.5 Å². The fourth-order valence-electron chi connectivity index (χ4n) is 2.82. The number of benzene rings is 2. The predicted octanol–water partition coefficient (Wildman–Crippen LogP) is 5.36. The molecule has 0 radical (unpaired) electrons. The van der Waals surface area contributed by atoms with Gasteiger partial charge in [-0.15, -0.1) is 0 Å². The van der Waals surface area contributed by atoms with Crippen LogP contribution in [0.3, 0.4) is 0 Å². The Labute approximate surface area is 169 Å². The lowest BCUT2D eigenvalue weighted by atomic mass is 10.0. The average molecular weight is 387 g/mol. The van der Waals surface area contributed by atoms with Crippen LogP contribution in [0.2, 0.25) is 0 Å². The van der Waals surface area contributed by atoms with Crippen molar-refractivity contribution >= 4 is 11.9 Å². The number of hydrogen-bond acceptors (Lipinski definition) is 5. The summed E-state index contributed by atoms with van der Waals surface area (Å²) in [5.41, 5.74) is 2.12. The molecule has 3 rings (SSSR count). The van der Waals surface area contributed by atoms with Crippen molar-refractivity contribution in [3.8, 4) is 17.6 Å². The van der Waals surface area contributed by atoms with Crippen molar-refractivity contribution in [3.63, 3.8) is 0 Å². The van der Waals surface area contributed by atoms with E-state index < -0.39 is 0 Å². The van der Waals surface area contributed by atoms with Crippen LogP contribution in [0, 0.1) is 18.3 Å². The number of hydrogen-bond donors (Lipinski definition) is 0. The van der Waals surface area contributed by atoms with Gasteiger partial charge in [-0.1, -0.05) is 36.4 Å². The van der Waals surface area contributed by atoms with Crippen molar-refractivity contribution in [2.45, 2.75) is 20.5 Å². The lowest BCUT2D eigenvalue weighted by Crippen LogP contribution is -2.02. The Bertz CT molecular complexity index is 1060. The van der Waals surface area contributed by atoms with Gasteiger partial charge >= 0.3 is 0 Å². The van der Waals surface area contributed by atoms with E-state index >= 15 is 0 Å². The van der Waals surface area contributed by atoms with Crippen LogP contribution < -0.4 is 9.47 Å². The van der Waals surface area contributed by atoms with Crippen LogP contribution in [-0.2, 0) is 6.61 Å². The highest BCUT2D eigenvalue weighted by Crippen LogP contribution is 2.30. The van der Waals surface area contributed by atoms with Crippen molar-refractivity contribution in [2.75, 3.05) is 6.61 Å². The van der Waals surface area contributed by atoms with Gasteiger partial charge in [0, 0.05) is 0 Å². The Hall–Kier alpha value is -3.78. The zero-order chi connectivity index (χ0) is 20.6. The number of carbonyl (C=O) groups excluding carboxylic acids is 1. The monoisotopic (exact) mass is 387 g/mol. The standard InChI is InChI=1S/C24H21NO4/c1-3-27-23-14-19(9-10-22(23)29-16-18-7-5-4-6-8-18)13-20(15-25)24(26)21-11-12-28-17(21)2/h4-14H,3,16H2,1-2H3/b20-13+. The fourth-order valence-corrected chi connectivity index (χ4v) is 2.82. The second kappa shape index (κ2) is 9.43. The zero-order valence-electron chi connectivity index (χ0n) is 16.3. The molecule has 1 aromatic heterocycles. The number of ether oxygens (including phenoxy) is 2. The molecule has 5 nitrogen and oxygen atoms in total. The molecule has 2 aromatic carbocycles. The molecule has 0 spiro atoms. The third-order valence-corrected chi connectivity index (χ3v) is 4.28. The molecule has 0 N–H and O–H groups in total. The van der Waals surface area contributed by atoms with Gasteiger partial charge in [0.2, 0.25) is 5.78 Å². The predicted molar refractivity (Wildman–Crippen MR) is 110 cm³/mol. The number of nitrogens with zero attached hydrogens (tertiary/aromatic N) is 1. The van der Waals surface area contributed by atoms with Gasteiger partial charge in [-0.2, -0.15) is 5.26 Å². The van der Waals surface area contributed by atoms with E-state index in [9.17, 15) is 10.1 Å². The van der Waals surface area contributed by atoms with Gasteiger partial charge in [-0.3, -0.25) is 4.79 Å². The molecule has 0 aliphatic heterocycles. The van der Waals surface area contributed by atoms with Gasteiger partial charge in [0.25, 0.3) is 0 Å². The Morgan fingerprint density at radius 2 is 1.90 bits per heavy atom. The van der Waals surface area contributed by atoms with Gasteiger partial charge in [-0.25, -0.2) is 0 Å². The van der Waals surface area contributed by atoms with Crippen molar-refractivity contribution in [3.05, 3.63) is 88.9 Å². The van der Waals surface area contributed by atoms with Gasteiger partial charge in [0.05, 0.1) is 18.4 Å². The van der Waals surface area contributed by atoms with Crippen molar-refractivity contribution in [1.82, 2.24) is 0 Å². The fraction of sp³-hybridized carbons (Fsp3) is 0.167. The zero-order valence-corrected chi connectivity index (χ0v) is 16.3. The highest BCUT2D eigenvalue weighted by molar-refractivity contribution is 6.14. The van der Waals surface area contributed by atoms with E-state index in [1.165, 1.54) is 12.3 Å². The molecule has 0 fully saturated rings. The number of carbonyl (C=O) groups is 1. The SMILES string of the molecule is CCOc1cc(/C=C(\C#N)C(=O)c2ccoc2C)ccc1OCc1ccccc1. The number of allylic oxidation sites excluding steroid dienone is 1. The van der Waals surface area contributed by atoms with Crippen LogP contribution >= 0.6 is 0 Å². The molecular formula is C24H21NO4. The molecule has 5 heteroatoms. The van der Waals surface area contributed by atoms with Gasteiger partial charge in [0.1, 0.15) is 24.0 Å². The number of aryl methyl sites for hydroxylation is 1. The number of rotatable bonds is 8. The van der Waals surface area contributed by atoms with E-state index in [0.717, 1.165) is 5.56 Å². The normalized spacial score (nSPS) is 11.0. The maximum absolute atomic E-state index is 12.6. The maximum Gasteiger partial charge on any atom is 0.207 e. The highest BCUT2D eigenvalue weighted by atomic mass is 16.5. The van der Waals surface area contributed by atoms with Gasteiger partial charge in [-0.05, 0) is 49.2 Å². The molecule has 0 aliphatic carbocycles. The first-order chi connectivity index (χ1) is 14.1. The second-order valence-corrected chi connectivity index (χ2v) is 6.30. The first-order valence-corrected chi connectivity index (χ1v) is 9.26. The molecule has 0 saturated heterocycles. The third kappa shape index (κ3) is 4.94. The Morgan fingerprint density at radius 1 is 1.10 bits per heavy atom. The van der Waals surface area contributed by atoms with E-state index in [1.54, 1.807) is 31.2 Å². The Morgan fingerprint density at radius 3 is 2.55 bits per heavy atom. The van der Waals surface area contributed by atoms with Crippen molar-refractivity contribution in [1.29, 1.82) is 5.26 Å². The summed E-state index contributed by atoms with van der Waals surface area (Å²) in [5.74, 6) is 1.27. The highest BCUT2D eigenvalue weighted by Gasteiger charge is 2.17. The summed E-state index contributed by atoms with van der Waals surface area (Å²) in [6.07, 6.45) is 2.97. The topological polar surface area (TPSA) is 72.5 Å². The summed E-state index contributed by atoms with van der Waals surface area (Å²) in [6.45, 7) is 4.45. The minimum atomic E-state index is -0.374. The molecule has 0 atom stereocenters. The molecule has 29 heavy (non-hydrogen) atoms. The third-order valence-electron chi connectivity index (χ3n) is 4.28. The van der Waals surface area contributed by atoms with Gasteiger partial charge in [0.15, 0.2) is 11.5 Å². The molecule has 0 unspecified atom stereocenters. The van der Waals surface area contributed by atoms with E-state index in [1.807, 2.05) is 43.3 Å². The van der Waals surface area contributed by atoms with E-state index in [0.29, 0.717) is 41.6 Å². The second-order valence-electron chi connectivity index (χ2n) is 6.30. The Kier molecular flexibility index (Phi) is 6.49. The first kappa shape index (κ1) is 20.0. The molecule has 146 valence electrons. The van der Waals surface area contributed by atoms with E-state index in [-0.39, 0.29) is 11.4 Å². The lowest BCUT2D eigenvalue weighted by Gasteiger charge is -2.13. The summed E-state index contributed by atoms with van der Waals surface area (Å²) >= 11 is 0. The van der Waals surface area contributed by atoms with Gasteiger partial charge < -0.3 is 13.9 Å². The first-order valence-electron chi connectivity index (χ1n) is 9.26. The summed E-state index contributed by atoms with van der Waals surface area (Å²) < 4.78 is 16.8. The molecule has 0 aliphatic rings. The minimum Gasteiger partial charge on any atom is -0.490 e. The Balaban J connectivity index is 1.84. The number of Topliss-reactive ketones (excluding diaryl/α,β-unsaturated/α-hetero) is 1. The molecular weight excluding hydrogens is 366 g/mol. The van der Waals surface area contributed by atoms with Crippen LogP contribution in [0.4, 0.5) is 0 Å². The molecule has 1 heterocycles. The van der Waals surface area contributed by atoms with Crippen LogP contribution in [0.25, 0.3) is 6.08 Å². The quantitative estimate of drug-likeness (QED) is 0.296. The number of ketones is 1. The average Bonchev–Trinajstić information content (AvgIpc) is 3.17. The smallest absolute Gasteiger partial charge is 0.207 e. The minimum absolute atomic E-state index is 0.0231. The van der Waals surface area contributed by atoms with E-state index in [4.69, 9.17) is 13.9 Å². The maximum atomic E-state index is 12.6. The summed E-state index contributed by atoms with van der Waals surface area (Å²) in [4.78, 5) is 12.6. The summed E-state index contributed by atoms with van der Waals surface area (Å²) in [5, 5.41) is 9.46. The van der Waals surface area contributed by atoms with Crippen LogP contribution in [0.1, 0.15) is 34.2 Å². The van der Waals surface area contributed by atoms with Crippen molar-refractivity contribution in [2.24, 2.45) is 0 Å². The number of nitriles is 1. The largest absolute Gasteiger partial charge is 0.490 e. The summed E-state index contributed by atoms with van der Waals surface area (Å²) in [6, 6.07) is 18.7. The lowest BCUT2D eigenvalue weighted by molar-refractivity contribution is 0.103. The van der Waals surface area contributed by atoms with Crippen LogP contribution in [0.15, 0.2) is 70.9 Å². The number of furan rings is 1. The molecule has 0 amide bonds. The molecule has 3 aromatic rings. The molecule has 0 saturated carbocycles. The van der Waals surface area contributed by atoms with E-state index in [2.05, 4.69) is 0 Å². The summed E-state index contributed by atoms with van der Waals surface area (Å²) in [7, 11) is 0. The van der Waals surface area contributed by atoms with Crippen molar-refractivity contribution < 1.29 is 18.7 Å². The molecule has 0 bridgehead atoms.